The Morgan fingerprint density at radius 1 is 0.941 bits per heavy atom. The van der Waals surface area contributed by atoms with Crippen molar-refractivity contribution in [2.45, 2.75) is 112 Å². The van der Waals surface area contributed by atoms with Crippen LogP contribution in [-0.2, 0) is 9.59 Å². The zero-order valence-corrected chi connectivity index (χ0v) is 22.5. The van der Waals surface area contributed by atoms with Gasteiger partial charge in [-0.05, 0) is 90.8 Å². The van der Waals surface area contributed by atoms with Gasteiger partial charge in [-0.15, -0.1) is 0 Å². The van der Waals surface area contributed by atoms with Gasteiger partial charge in [-0.3, -0.25) is 9.59 Å². The molecule has 5 aliphatic rings. The molecule has 4 nitrogen and oxygen atoms in total. The molecule has 8 atom stereocenters. The number of rotatable bonds is 1. The third kappa shape index (κ3) is 2.75. The summed E-state index contributed by atoms with van der Waals surface area (Å²) >= 11 is 0. The van der Waals surface area contributed by atoms with Gasteiger partial charge < -0.3 is 10.2 Å². The van der Waals surface area contributed by atoms with Crippen LogP contribution in [-0.4, -0.2) is 28.1 Å². The lowest BCUT2D eigenvalue weighted by atomic mass is 9.33. The summed E-state index contributed by atoms with van der Waals surface area (Å²) in [7, 11) is 0. The second-order valence-electron chi connectivity index (χ2n) is 14.9. The number of carboxylic acid groups (broad SMARTS) is 1. The number of hydrogen-bond donors (Lipinski definition) is 2. The number of aliphatic hydroxyl groups excluding tert-OH is 1. The fourth-order valence-electron chi connectivity index (χ4n) is 10.3. The minimum atomic E-state index is -0.627. The Balaban J connectivity index is 1.63. The van der Waals surface area contributed by atoms with Gasteiger partial charge in [-0.1, -0.05) is 60.1 Å². The largest absolute Gasteiger partial charge is 0.481 e. The Morgan fingerprint density at radius 3 is 2.24 bits per heavy atom. The van der Waals surface area contributed by atoms with Gasteiger partial charge in [0.2, 0.25) is 0 Å². The number of aliphatic carboxylic acids is 1. The van der Waals surface area contributed by atoms with E-state index in [1.165, 1.54) is 5.57 Å². The highest BCUT2D eigenvalue weighted by molar-refractivity contribution is 5.87. The molecule has 0 amide bonds. The van der Waals surface area contributed by atoms with Crippen molar-refractivity contribution in [1.82, 2.24) is 0 Å². The monoisotopic (exact) mass is 470 g/mol. The fraction of sp³-hybridized carbons (Fsp3) is 0.867. The van der Waals surface area contributed by atoms with Crippen molar-refractivity contribution in [3.8, 4) is 0 Å². The van der Waals surface area contributed by atoms with E-state index in [0.717, 1.165) is 51.4 Å². The first-order valence-electron chi connectivity index (χ1n) is 13.7. The Labute approximate surface area is 206 Å². The average Bonchev–Trinajstić information content (AvgIpc) is 2.72. The molecule has 0 aliphatic heterocycles. The molecule has 190 valence electrons. The molecule has 5 rings (SSSR count). The van der Waals surface area contributed by atoms with Gasteiger partial charge >= 0.3 is 5.97 Å². The molecule has 34 heavy (non-hydrogen) atoms. The summed E-state index contributed by atoms with van der Waals surface area (Å²) in [5.41, 5.74) is 0.101. The van der Waals surface area contributed by atoms with E-state index in [9.17, 15) is 19.8 Å². The molecule has 2 N–H and O–H groups in total. The first kappa shape index (κ1) is 24.5. The second-order valence-corrected chi connectivity index (χ2v) is 14.9. The van der Waals surface area contributed by atoms with Gasteiger partial charge in [0.25, 0.3) is 0 Å². The molecule has 5 aliphatic carbocycles. The van der Waals surface area contributed by atoms with E-state index >= 15 is 0 Å². The minimum Gasteiger partial charge on any atom is -0.481 e. The SMILES string of the molecule is CC1(C)CC[C@]2(C(=O)O)CC[C@]3(C)C(=CC[C@@H]4[C@@]5(C)C(=O)C[C@H](O)C(C)(C)C5CC[C@]43C)[C@H]2C1. The molecule has 0 radical (unpaired) electrons. The smallest absolute Gasteiger partial charge is 0.310 e. The van der Waals surface area contributed by atoms with Crippen LogP contribution in [0.5, 0.6) is 0 Å². The standard InChI is InChI=1S/C30H46O4/c1-25(2)12-14-30(24(33)34)15-13-27(5)18(19(30)17-25)8-9-21-28(27,6)11-10-20-26(3,4)22(31)16-23(32)29(20,21)7/h8,19-22,31H,9-17H2,1-7H3,(H,33,34)/t19-,20?,21+,22+,27-,28-,29+,30+/m1/s1. The average molecular weight is 471 g/mol. The maximum Gasteiger partial charge on any atom is 0.310 e. The van der Waals surface area contributed by atoms with E-state index < -0.39 is 22.9 Å². The van der Waals surface area contributed by atoms with Crippen LogP contribution in [0.4, 0.5) is 0 Å². The lowest BCUT2D eigenvalue weighted by Gasteiger charge is -2.70. The molecule has 0 aromatic carbocycles. The van der Waals surface area contributed by atoms with Crippen LogP contribution < -0.4 is 0 Å². The molecule has 0 saturated heterocycles. The topological polar surface area (TPSA) is 74.6 Å². The Bertz CT molecular complexity index is 961. The Hall–Kier alpha value is -1.16. The van der Waals surface area contributed by atoms with Gasteiger partial charge in [0.15, 0.2) is 0 Å². The number of ketones is 1. The van der Waals surface area contributed by atoms with Gasteiger partial charge in [0, 0.05) is 11.8 Å². The summed E-state index contributed by atoms with van der Waals surface area (Å²) in [5, 5.41) is 21.3. The normalized spacial score (nSPS) is 51.3. The first-order valence-corrected chi connectivity index (χ1v) is 13.7. The number of carbonyl (C=O) groups excluding carboxylic acids is 1. The van der Waals surface area contributed by atoms with E-state index in [1.807, 2.05) is 0 Å². The molecule has 4 fully saturated rings. The summed E-state index contributed by atoms with van der Waals surface area (Å²) in [6.07, 6.45) is 9.32. The van der Waals surface area contributed by atoms with Crippen molar-refractivity contribution < 1.29 is 19.8 Å². The Morgan fingerprint density at radius 2 is 1.59 bits per heavy atom. The summed E-state index contributed by atoms with van der Waals surface area (Å²) in [4.78, 5) is 26.5. The van der Waals surface area contributed by atoms with Crippen LogP contribution in [0.3, 0.4) is 0 Å². The molecular formula is C30H46O4. The molecule has 4 saturated carbocycles. The maximum atomic E-state index is 13.7. The van der Waals surface area contributed by atoms with E-state index in [2.05, 4.69) is 54.5 Å². The quantitative estimate of drug-likeness (QED) is 0.434. The van der Waals surface area contributed by atoms with Crippen LogP contribution in [0.25, 0.3) is 0 Å². The summed E-state index contributed by atoms with van der Waals surface area (Å²) in [6.45, 7) is 16.0. The Kier molecular flexibility index (Phi) is 5.04. The van der Waals surface area contributed by atoms with Crippen LogP contribution in [0.2, 0.25) is 0 Å². The minimum absolute atomic E-state index is 0.0391. The van der Waals surface area contributed by atoms with Crippen molar-refractivity contribution in [2.24, 2.45) is 50.2 Å². The number of hydrogen-bond acceptors (Lipinski definition) is 3. The summed E-state index contributed by atoms with van der Waals surface area (Å²) in [5.74, 6) is 0.160. The van der Waals surface area contributed by atoms with Gasteiger partial charge in [-0.25, -0.2) is 0 Å². The summed E-state index contributed by atoms with van der Waals surface area (Å²) in [6, 6.07) is 0. The molecule has 1 unspecified atom stereocenters. The molecule has 0 spiro atoms. The van der Waals surface area contributed by atoms with Gasteiger partial charge in [0.05, 0.1) is 11.5 Å². The van der Waals surface area contributed by atoms with Crippen LogP contribution >= 0.6 is 0 Å². The lowest BCUT2D eigenvalue weighted by Crippen LogP contribution is -2.67. The molecule has 0 aromatic rings. The van der Waals surface area contributed by atoms with Crippen molar-refractivity contribution in [2.75, 3.05) is 0 Å². The number of Topliss-reactive ketones (excluding diaryl/α,β-unsaturated/α-hetero) is 1. The van der Waals surface area contributed by atoms with Crippen LogP contribution in [0, 0.1) is 50.2 Å². The van der Waals surface area contributed by atoms with E-state index in [0.29, 0.717) is 0 Å². The van der Waals surface area contributed by atoms with Crippen molar-refractivity contribution in [1.29, 1.82) is 0 Å². The number of allylic oxidation sites excluding steroid dienone is 2. The van der Waals surface area contributed by atoms with E-state index in [4.69, 9.17) is 0 Å². The molecule has 0 heterocycles. The highest BCUT2D eigenvalue weighted by atomic mass is 16.4. The van der Waals surface area contributed by atoms with Crippen LogP contribution in [0.15, 0.2) is 11.6 Å². The van der Waals surface area contributed by atoms with Crippen molar-refractivity contribution in [3.05, 3.63) is 11.6 Å². The van der Waals surface area contributed by atoms with E-state index in [1.54, 1.807) is 0 Å². The highest BCUT2D eigenvalue weighted by Gasteiger charge is 2.71. The highest BCUT2D eigenvalue weighted by Crippen LogP contribution is 2.75. The predicted molar refractivity (Wildman–Crippen MR) is 133 cm³/mol. The predicted octanol–water partition coefficient (Wildman–Crippen LogP) is 6.41. The number of aliphatic hydroxyl groups is 1. The second kappa shape index (κ2) is 6.99. The molecule has 4 heteroatoms. The van der Waals surface area contributed by atoms with Gasteiger partial charge in [0.1, 0.15) is 5.78 Å². The third-order valence-corrected chi connectivity index (χ3v) is 12.9. The number of carbonyl (C=O) groups is 2. The first-order chi connectivity index (χ1) is 15.6. The zero-order chi connectivity index (χ0) is 25.1. The fourth-order valence-corrected chi connectivity index (χ4v) is 10.3. The van der Waals surface area contributed by atoms with E-state index in [-0.39, 0.29) is 51.6 Å². The van der Waals surface area contributed by atoms with Crippen molar-refractivity contribution >= 4 is 11.8 Å². The van der Waals surface area contributed by atoms with Crippen molar-refractivity contribution in [3.63, 3.8) is 0 Å². The third-order valence-electron chi connectivity index (χ3n) is 12.9. The number of carboxylic acids is 1. The molecular weight excluding hydrogens is 424 g/mol. The summed E-state index contributed by atoms with van der Waals surface area (Å²) < 4.78 is 0. The van der Waals surface area contributed by atoms with Crippen LogP contribution in [0.1, 0.15) is 106 Å². The molecule has 0 bridgehead atoms. The van der Waals surface area contributed by atoms with Gasteiger partial charge in [-0.2, -0.15) is 0 Å². The maximum absolute atomic E-state index is 13.7. The lowest BCUT2D eigenvalue weighted by molar-refractivity contribution is -0.203. The molecule has 0 aromatic heterocycles. The number of fused-ring (bicyclic) bond motifs is 7. The zero-order valence-electron chi connectivity index (χ0n) is 22.5.